The summed E-state index contributed by atoms with van der Waals surface area (Å²) < 4.78 is 5.45. The highest BCUT2D eigenvalue weighted by Gasteiger charge is 2.27. The molecule has 1 aromatic heterocycles. The van der Waals surface area contributed by atoms with Crippen LogP contribution in [0.4, 0.5) is 5.82 Å². The number of hydrogen-bond acceptors (Lipinski definition) is 5. The van der Waals surface area contributed by atoms with Crippen molar-refractivity contribution < 1.29 is 9.53 Å². The summed E-state index contributed by atoms with van der Waals surface area (Å²) in [5.74, 6) is 1.18. The highest BCUT2D eigenvalue weighted by molar-refractivity contribution is 6.15. The van der Waals surface area contributed by atoms with Crippen molar-refractivity contribution in [3.63, 3.8) is 0 Å². The van der Waals surface area contributed by atoms with Crippen molar-refractivity contribution in [2.45, 2.75) is 33.0 Å². The first-order chi connectivity index (χ1) is 16.6. The number of rotatable bonds is 4. The number of anilines is 1. The normalized spacial score (nSPS) is 17.4. The molecule has 0 bridgehead atoms. The maximum atomic E-state index is 12.9. The Morgan fingerprint density at radius 3 is 2.68 bits per heavy atom. The lowest BCUT2D eigenvalue weighted by molar-refractivity contribution is -0.132. The Hall–Kier alpha value is -3.51. The van der Waals surface area contributed by atoms with Crippen LogP contribution in [0.3, 0.4) is 0 Å². The van der Waals surface area contributed by atoms with Crippen molar-refractivity contribution in [1.29, 1.82) is 0 Å². The number of aryl methyl sites for hydroxylation is 1. The van der Waals surface area contributed by atoms with Gasteiger partial charge >= 0.3 is 0 Å². The Bertz CT molecular complexity index is 1280. The molecule has 0 saturated carbocycles. The second-order valence-corrected chi connectivity index (χ2v) is 9.36. The van der Waals surface area contributed by atoms with Crippen LogP contribution in [0.5, 0.6) is 0 Å². The fraction of sp³-hybridized carbons (Fsp3) is 0.321. The molecule has 0 aliphatic carbocycles. The van der Waals surface area contributed by atoms with Crippen molar-refractivity contribution in [3.05, 3.63) is 93.7 Å². The van der Waals surface area contributed by atoms with Gasteiger partial charge in [-0.1, -0.05) is 35.9 Å². The first-order valence-corrected chi connectivity index (χ1v) is 12.0. The van der Waals surface area contributed by atoms with Crippen molar-refractivity contribution in [3.8, 4) is 0 Å². The summed E-state index contributed by atoms with van der Waals surface area (Å²) in [6.45, 7) is 7.27. The van der Waals surface area contributed by atoms with Crippen molar-refractivity contribution in [1.82, 2.24) is 9.88 Å². The topological polar surface area (TPSA) is 58.0 Å². The number of aliphatic imine (C=N–C) groups is 1. The summed E-state index contributed by atoms with van der Waals surface area (Å²) >= 11 is 0. The minimum atomic E-state index is 0.191. The van der Waals surface area contributed by atoms with Gasteiger partial charge in [0.2, 0.25) is 5.91 Å². The number of carbonyl (C=O) groups excluding carboxylic acids is 1. The van der Waals surface area contributed by atoms with Crippen LogP contribution in [0.1, 0.15) is 38.9 Å². The monoisotopic (exact) mass is 452 g/mol. The Kier molecular flexibility index (Phi) is 5.38. The molecule has 4 heterocycles. The molecule has 2 aromatic carbocycles. The molecule has 1 fully saturated rings. The largest absolute Gasteiger partial charge is 0.378 e. The molecule has 6 nitrogen and oxygen atoms in total. The van der Waals surface area contributed by atoms with E-state index in [1.807, 2.05) is 11.1 Å². The molecule has 3 aliphatic rings. The predicted molar refractivity (Wildman–Crippen MR) is 132 cm³/mol. The Balaban J connectivity index is 1.24. The maximum Gasteiger partial charge on any atom is 0.227 e. The standard InChI is InChI=1S/C28H28N4O2/c1-19-3-2-4-20(11-19)17-32-18-24-13-25-23(12-22(24)14-27(32)33)16-30-28(25)21-5-6-26(29-15-21)31-7-9-34-10-8-31/h2-6,11-13,15H,7-10,14,16-18H2,1H3. The molecular formula is C28H28N4O2. The van der Waals surface area contributed by atoms with Gasteiger partial charge in [-0.2, -0.15) is 0 Å². The summed E-state index contributed by atoms with van der Waals surface area (Å²) in [5, 5.41) is 0. The SMILES string of the molecule is Cc1cccc(CN2Cc3cc4c(cc3CC2=O)CN=C4c2ccc(N3CCOCC3)nc2)c1. The third-order valence-corrected chi connectivity index (χ3v) is 6.96. The molecule has 0 N–H and O–H groups in total. The van der Waals surface area contributed by atoms with E-state index in [0.717, 1.165) is 49.0 Å². The van der Waals surface area contributed by atoms with E-state index < -0.39 is 0 Å². The number of amides is 1. The lowest BCUT2D eigenvalue weighted by atomic mass is 9.91. The maximum absolute atomic E-state index is 12.9. The Morgan fingerprint density at radius 2 is 1.88 bits per heavy atom. The summed E-state index contributed by atoms with van der Waals surface area (Å²) in [6, 6.07) is 17.0. The summed E-state index contributed by atoms with van der Waals surface area (Å²) in [5.41, 5.74) is 9.16. The summed E-state index contributed by atoms with van der Waals surface area (Å²) in [4.78, 5) is 26.7. The van der Waals surface area contributed by atoms with Gasteiger partial charge in [0.25, 0.3) is 0 Å². The molecule has 1 amide bonds. The van der Waals surface area contributed by atoms with Gasteiger partial charge in [0.15, 0.2) is 0 Å². The zero-order valence-corrected chi connectivity index (χ0v) is 19.5. The average Bonchev–Trinajstić information content (AvgIpc) is 3.26. The first kappa shape index (κ1) is 21.1. The van der Waals surface area contributed by atoms with E-state index in [0.29, 0.717) is 26.1 Å². The molecule has 3 aromatic rings. The number of aromatic nitrogens is 1. The van der Waals surface area contributed by atoms with Gasteiger partial charge < -0.3 is 14.5 Å². The number of ether oxygens (including phenoxy) is 1. The molecule has 172 valence electrons. The summed E-state index contributed by atoms with van der Waals surface area (Å²) in [6.07, 6.45) is 2.39. The van der Waals surface area contributed by atoms with Crippen LogP contribution in [0.2, 0.25) is 0 Å². The minimum Gasteiger partial charge on any atom is -0.378 e. The van der Waals surface area contributed by atoms with Crippen molar-refractivity contribution in [2.75, 3.05) is 31.2 Å². The number of carbonyl (C=O) groups is 1. The number of fused-ring (bicyclic) bond motifs is 2. The molecular weight excluding hydrogens is 424 g/mol. The fourth-order valence-electron chi connectivity index (χ4n) is 5.15. The second-order valence-electron chi connectivity index (χ2n) is 9.36. The van der Waals surface area contributed by atoms with E-state index in [1.54, 1.807) is 0 Å². The first-order valence-electron chi connectivity index (χ1n) is 12.0. The molecule has 0 radical (unpaired) electrons. The lowest BCUT2D eigenvalue weighted by Crippen LogP contribution is -2.36. The van der Waals surface area contributed by atoms with E-state index in [1.165, 1.54) is 27.8 Å². The molecule has 6 rings (SSSR count). The molecule has 6 heteroatoms. The van der Waals surface area contributed by atoms with Crippen LogP contribution in [0, 0.1) is 6.92 Å². The third-order valence-electron chi connectivity index (χ3n) is 6.96. The number of benzene rings is 2. The van der Waals surface area contributed by atoms with Crippen LogP contribution in [0.15, 0.2) is 59.7 Å². The van der Waals surface area contributed by atoms with E-state index in [-0.39, 0.29) is 5.91 Å². The average molecular weight is 453 g/mol. The van der Waals surface area contributed by atoms with E-state index in [2.05, 4.69) is 60.4 Å². The lowest BCUT2D eigenvalue weighted by Gasteiger charge is -2.29. The minimum absolute atomic E-state index is 0.191. The number of pyridine rings is 1. The van der Waals surface area contributed by atoms with Gasteiger partial charge in [0.1, 0.15) is 5.82 Å². The van der Waals surface area contributed by atoms with Crippen LogP contribution in [0.25, 0.3) is 0 Å². The van der Waals surface area contributed by atoms with Crippen LogP contribution in [-0.4, -0.2) is 47.8 Å². The Morgan fingerprint density at radius 1 is 1.00 bits per heavy atom. The van der Waals surface area contributed by atoms with Crippen LogP contribution in [-0.2, 0) is 35.6 Å². The number of nitrogens with zero attached hydrogens (tertiary/aromatic N) is 4. The zero-order valence-electron chi connectivity index (χ0n) is 19.5. The molecule has 1 saturated heterocycles. The fourth-order valence-corrected chi connectivity index (χ4v) is 5.15. The molecule has 0 spiro atoms. The van der Waals surface area contributed by atoms with Gasteiger partial charge in [-0.25, -0.2) is 4.98 Å². The van der Waals surface area contributed by atoms with E-state index in [4.69, 9.17) is 14.7 Å². The van der Waals surface area contributed by atoms with E-state index in [9.17, 15) is 4.79 Å². The molecule has 3 aliphatic heterocycles. The highest BCUT2D eigenvalue weighted by atomic mass is 16.5. The zero-order chi connectivity index (χ0) is 23.1. The van der Waals surface area contributed by atoms with Gasteiger partial charge in [-0.15, -0.1) is 0 Å². The van der Waals surface area contributed by atoms with Crippen LogP contribution >= 0.6 is 0 Å². The Labute approximate surface area is 199 Å². The number of hydrogen-bond donors (Lipinski definition) is 0. The number of morpholine rings is 1. The smallest absolute Gasteiger partial charge is 0.227 e. The second kappa shape index (κ2) is 8.69. The van der Waals surface area contributed by atoms with Gasteiger partial charge in [0, 0.05) is 43.5 Å². The third kappa shape index (κ3) is 3.99. The quantitative estimate of drug-likeness (QED) is 0.606. The summed E-state index contributed by atoms with van der Waals surface area (Å²) in [7, 11) is 0. The molecule has 34 heavy (non-hydrogen) atoms. The predicted octanol–water partition coefficient (Wildman–Crippen LogP) is 3.66. The molecule has 0 atom stereocenters. The highest BCUT2D eigenvalue weighted by Crippen LogP contribution is 2.30. The van der Waals surface area contributed by atoms with Gasteiger partial charge in [0.05, 0.1) is 31.9 Å². The van der Waals surface area contributed by atoms with Gasteiger partial charge in [-0.05, 0) is 47.4 Å². The van der Waals surface area contributed by atoms with Crippen molar-refractivity contribution in [2.24, 2.45) is 4.99 Å². The molecule has 0 unspecified atom stereocenters. The van der Waals surface area contributed by atoms with Crippen LogP contribution < -0.4 is 4.90 Å². The van der Waals surface area contributed by atoms with E-state index >= 15 is 0 Å². The van der Waals surface area contributed by atoms with Crippen molar-refractivity contribution >= 4 is 17.4 Å². The van der Waals surface area contributed by atoms with Gasteiger partial charge in [-0.3, -0.25) is 9.79 Å².